The highest BCUT2D eigenvalue weighted by Crippen LogP contribution is 2.44. The van der Waals surface area contributed by atoms with E-state index in [0.717, 1.165) is 66.9 Å². The second-order valence-corrected chi connectivity index (χ2v) is 14.5. The number of para-hydroxylation sites is 4. The maximum absolute atomic E-state index is 6.33. The van der Waals surface area contributed by atoms with Crippen LogP contribution in [0.5, 0.6) is 0 Å². The van der Waals surface area contributed by atoms with Crippen LogP contribution < -0.4 is 4.90 Å². The lowest BCUT2D eigenvalue weighted by molar-refractivity contribution is 0.669. The van der Waals surface area contributed by atoms with Gasteiger partial charge in [-0.05, 0) is 101 Å². The molecule has 3 heteroatoms. The van der Waals surface area contributed by atoms with E-state index >= 15 is 0 Å². The van der Waals surface area contributed by atoms with Gasteiger partial charge < -0.3 is 13.9 Å². The Morgan fingerprint density at radius 2 is 0.895 bits per heavy atom. The molecule has 0 aliphatic rings. The highest BCUT2D eigenvalue weighted by atomic mass is 16.3. The lowest BCUT2D eigenvalue weighted by Gasteiger charge is -2.29. The molecule has 57 heavy (non-hydrogen) atoms. The average Bonchev–Trinajstić information content (AvgIpc) is 3.83. The van der Waals surface area contributed by atoms with Gasteiger partial charge in [-0.25, -0.2) is 0 Å². The van der Waals surface area contributed by atoms with Gasteiger partial charge in [-0.1, -0.05) is 146 Å². The monoisotopic (exact) mass is 728 g/mol. The van der Waals surface area contributed by atoms with E-state index in [2.05, 4.69) is 216 Å². The topological polar surface area (TPSA) is 21.3 Å². The molecule has 3 nitrogen and oxygen atoms in total. The number of hydrogen-bond donors (Lipinski definition) is 0. The summed E-state index contributed by atoms with van der Waals surface area (Å²) in [5.74, 6) is 0. The zero-order valence-corrected chi connectivity index (χ0v) is 31.1. The Bertz CT molecular complexity index is 3210. The average molecular weight is 729 g/mol. The molecule has 0 radical (unpaired) electrons. The molecule has 0 saturated heterocycles. The maximum atomic E-state index is 6.33. The third kappa shape index (κ3) is 5.68. The molecule has 268 valence electrons. The number of aromatic nitrogens is 1. The third-order valence-electron chi connectivity index (χ3n) is 11.2. The highest BCUT2D eigenvalue weighted by Gasteiger charge is 2.20. The minimum absolute atomic E-state index is 0.887. The van der Waals surface area contributed by atoms with Crippen LogP contribution in [0, 0.1) is 0 Å². The number of nitrogens with zero attached hydrogens (tertiary/aromatic N) is 2. The van der Waals surface area contributed by atoms with Crippen LogP contribution in [-0.2, 0) is 0 Å². The van der Waals surface area contributed by atoms with Crippen molar-refractivity contribution in [2.45, 2.75) is 0 Å². The van der Waals surface area contributed by atoms with Crippen molar-refractivity contribution >= 4 is 60.8 Å². The quantitative estimate of drug-likeness (QED) is 0.163. The van der Waals surface area contributed by atoms with Crippen LogP contribution in [0.25, 0.3) is 82.8 Å². The Morgan fingerprint density at radius 3 is 1.70 bits per heavy atom. The molecule has 0 atom stereocenters. The summed E-state index contributed by atoms with van der Waals surface area (Å²) >= 11 is 0. The lowest BCUT2D eigenvalue weighted by Crippen LogP contribution is -2.12. The molecule has 0 bridgehead atoms. The predicted octanol–water partition coefficient (Wildman–Crippen LogP) is 15.2. The van der Waals surface area contributed by atoms with E-state index in [0.29, 0.717) is 0 Å². The summed E-state index contributed by atoms with van der Waals surface area (Å²) in [7, 11) is 0. The van der Waals surface area contributed by atoms with Gasteiger partial charge >= 0.3 is 0 Å². The van der Waals surface area contributed by atoms with Gasteiger partial charge in [-0.15, -0.1) is 0 Å². The van der Waals surface area contributed by atoms with E-state index in [4.69, 9.17) is 4.42 Å². The molecule has 0 unspecified atom stereocenters. The molecule has 11 rings (SSSR count). The van der Waals surface area contributed by atoms with E-state index in [9.17, 15) is 0 Å². The number of furan rings is 1. The summed E-state index contributed by atoms with van der Waals surface area (Å²) in [6, 6.07) is 78.3. The lowest BCUT2D eigenvalue weighted by atomic mass is 9.97. The Hall–Kier alpha value is -7.62. The minimum atomic E-state index is 0.887. The molecule has 0 N–H and O–H groups in total. The van der Waals surface area contributed by atoms with E-state index in [-0.39, 0.29) is 0 Å². The van der Waals surface area contributed by atoms with Crippen molar-refractivity contribution in [3.05, 3.63) is 218 Å². The molecular weight excluding hydrogens is 693 g/mol. The minimum Gasteiger partial charge on any atom is -0.456 e. The molecule has 0 fully saturated rings. The molecular formula is C54H36N2O. The maximum Gasteiger partial charge on any atom is 0.136 e. The molecule has 0 spiro atoms. The van der Waals surface area contributed by atoms with Crippen molar-refractivity contribution in [2.75, 3.05) is 4.90 Å². The molecule has 2 aromatic heterocycles. The van der Waals surface area contributed by atoms with Gasteiger partial charge in [0.15, 0.2) is 0 Å². The van der Waals surface area contributed by atoms with Gasteiger partial charge in [-0.3, -0.25) is 0 Å². The van der Waals surface area contributed by atoms with Gasteiger partial charge in [0, 0.05) is 44.2 Å². The second kappa shape index (κ2) is 13.6. The fraction of sp³-hybridized carbons (Fsp3) is 0. The van der Waals surface area contributed by atoms with Crippen molar-refractivity contribution < 1.29 is 4.42 Å². The van der Waals surface area contributed by atoms with Gasteiger partial charge in [0.1, 0.15) is 11.2 Å². The van der Waals surface area contributed by atoms with Crippen LogP contribution in [0.4, 0.5) is 17.1 Å². The van der Waals surface area contributed by atoms with E-state index in [1.54, 1.807) is 0 Å². The number of benzene rings is 9. The fourth-order valence-corrected chi connectivity index (χ4v) is 8.54. The largest absolute Gasteiger partial charge is 0.456 e. The van der Waals surface area contributed by atoms with Crippen molar-refractivity contribution in [3.63, 3.8) is 0 Å². The van der Waals surface area contributed by atoms with Crippen LogP contribution in [0.2, 0.25) is 0 Å². The van der Waals surface area contributed by atoms with Gasteiger partial charge in [0.2, 0.25) is 0 Å². The third-order valence-corrected chi connectivity index (χ3v) is 11.2. The normalized spacial score (nSPS) is 11.5. The van der Waals surface area contributed by atoms with Crippen molar-refractivity contribution in [3.8, 4) is 39.1 Å². The van der Waals surface area contributed by atoms with E-state index in [1.165, 1.54) is 32.9 Å². The van der Waals surface area contributed by atoms with Crippen molar-refractivity contribution in [2.24, 2.45) is 0 Å². The molecule has 11 aromatic rings. The number of hydrogen-bond acceptors (Lipinski definition) is 2. The van der Waals surface area contributed by atoms with Crippen LogP contribution in [-0.4, -0.2) is 4.57 Å². The standard InChI is InChI=1S/C54H36N2O/c1-2-15-37(16-3-1)38-17-12-19-41(33-38)45-23-4-8-27-50(45)55(42-20-13-18-39(34-42)40-31-32-49-48-26-7-11-30-53(48)57-54(49)35-40)43-21-14-22-44(36-43)56-51-28-9-5-24-46(51)47-25-6-10-29-52(47)56/h1-36H. The summed E-state index contributed by atoms with van der Waals surface area (Å²) in [6.07, 6.45) is 0. The zero-order chi connectivity index (χ0) is 37.7. The van der Waals surface area contributed by atoms with Crippen LogP contribution in [0.3, 0.4) is 0 Å². The summed E-state index contributed by atoms with van der Waals surface area (Å²) in [5.41, 5.74) is 15.4. The Kier molecular flexibility index (Phi) is 7.82. The van der Waals surface area contributed by atoms with Gasteiger partial charge in [0.05, 0.1) is 16.7 Å². The molecule has 0 saturated carbocycles. The summed E-state index contributed by atoms with van der Waals surface area (Å²) in [5, 5.41) is 4.75. The SMILES string of the molecule is c1ccc(-c2cccc(-c3ccccc3N(c3cccc(-c4ccc5c(c4)oc4ccccc45)c3)c3cccc(-n4c5ccccc5c5ccccc54)c3)c2)cc1. The van der Waals surface area contributed by atoms with Crippen LogP contribution in [0.15, 0.2) is 223 Å². The smallest absolute Gasteiger partial charge is 0.136 e. The first-order chi connectivity index (χ1) is 28.3. The van der Waals surface area contributed by atoms with Crippen LogP contribution in [0.1, 0.15) is 0 Å². The Morgan fingerprint density at radius 1 is 0.333 bits per heavy atom. The summed E-state index contributed by atoms with van der Waals surface area (Å²) in [6.45, 7) is 0. The van der Waals surface area contributed by atoms with E-state index in [1.807, 2.05) is 12.1 Å². The number of anilines is 3. The number of fused-ring (bicyclic) bond motifs is 6. The predicted molar refractivity (Wildman–Crippen MR) is 239 cm³/mol. The fourth-order valence-electron chi connectivity index (χ4n) is 8.54. The molecule has 2 heterocycles. The first-order valence-corrected chi connectivity index (χ1v) is 19.4. The van der Waals surface area contributed by atoms with Crippen LogP contribution >= 0.6 is 0 Å². The highest BCUT2D eigenvalue weighted by molar-refractivity contribution is 6.09. The van der Waals surface area contributed by atoms with Gasteiger partial charge in [-0.2, -0.15) is 0 Å². The first-order valence-electron chi connectivity index (χ1n) is 19.4. The zero-order valence-electron chi connectivity index (χ0n) is 31.1. The summed E-state index contributed by atoms with van der Waals surface area (Å²) in [4.78, 5) is 2.41. The van der Waals surface area contributed by atoms with E-state index < -0.39 is 0 Å². The molecule has 0 aliphatic carbocycles. The first kappa shape index (κ1) is 32.8. The number of rotatable bonds is 7. The second-order valence-electron chi connectivity index (χ2n) is 14.5. The molecule has 9 aromatic carbocycles. The molecule has 0 aliphatic heterocycles. The Labute approximate surface area is 330 Å². The van der Waals surface area contributed by atoms with Gasteiger partial charge in [0.25, 0.3) is 0 Å². The van der Waals surface area contributed by atoms with Crippen molar-refractivity contribution in [1.82, 2.24) is 4.57 Å². The van der Waals surface area contributed by atoms with Crippen molar-refractivity contribution in [1.29, 1.82) is 0 Å². The summed E-state index contributed by atoms with van der Waals surface area (Å²) < 4.78 is 8.72. The molecule has 0 amide bonds. The Balaban J connectivity index is 1.11.